The van der Waals surface area contributed by atoms with E-state index in [-0.39, 0.29) is 0 Å². The second kappa shape index (κ2) is 10.2. The number of benzene rings is 1. The van der Waals surface area contributed by atoms with Gasteiger partial charge in [0.1, 0.15) is 5.76 Å². The third kappa shape index (κ3) is 6.18. The molecule has 0 aliphatic heterocycles. The summed E-state index contributed by atoms with van der Waals surface area (Å²) in [7, 11) is 0. The average Bonchev–Trinajstić information content (AvgIpc) is 3.13. The van der Waals surface area contributed by atoms with Crippen LogP contribution in [0.5, 0.6) is 0 Å². The van der Waals surface area contributed by atoms with Crippen molar-refractivity contribution in [1.82, 2.24) is 4.90 Å². The molecule has 136 valence electrons. The van der Waals surface area contributed by atoms with Gasteiger partial charge in [0.05, 0.1) is 32.4 Å². The molecule has 1 heterocycles. The monoisotopic (exact) mass is 360 g/mol. The number of rotatable bonds is 9. The normalized spacial score (nSPS) is 10.9. The standard InChI is InChI=1S/C20H29N3OS/c1-4-22(5-2)13-9-14-23(16-18-11-8-15-24-18)20(25)21-19-12-7-6-10-17(19)3/h6-8,10-12,15H,4-5,9,13-14,16H2,1-3H3,(H,21,25)/p+1. The van der Waals surface area contributed by atoms with Crippen LogP contribution in [0, 0.1) is 6.92 Å². The predicted molar refractivity (Wildman–Crippen MR) is 108 cm³/mol. The molecule has 0 bridgehead atoms. The van der Waals surface area contributed by atoms with Crippen molar-refractivity contribution in [1.29, 1.82) is 0 Å². The molecule has 2 aromatic rings. The molecule has 0 aliphatic rings. The minimum absolute atomic E-state index is 0.693. The van der Waals surface area contributed by atoms with Gasteiger partial charge in [0, 0.05) is 18.7 Å². The first-order valence-electron chi connectivity index (χ1n) is 9.11. The minimum atomic E-state index is 0.693. The van der Waals surface area contributed by atoms with Crippen LogP contribution in [0.3, 0.4) is 0 Å². The van der Waals surface area contributed by atoms with Gasteiger partial charge < -0.3 is 19.5 Å². The molecule has 5 heteroatoms. The van der Waals surface area contributed by atoms with Crippen LogP contribution >= 0.6 is 12.2 Å². The third-order valence-corrected chi connectivity index (χ3v) is 4.92. The van der Waals surface area contributed by atoms with E-state index < -0.39 is 0 Å². The van der Waals surface area contributed by atoms with E-state index in [1.54, 1.807) is 11.2 Å². The van der Waals surface area contributed by atoms with Gasteiger partial charge in [-0.05, 0) is 56.8 Å². The third-order valence-electron chi connectivity index (χ3n) is 4.56. The van der Waals surface area contributed by atoms with E-state index in [2.05, 4.69) is 43.1 Å². The van der Waals surface area contributed by atoms with Gasteiger partial charge in [0.25, 0.3) is 0 Å². The molecule has 0 spiro atoms. The highest BCUT2D eigenvalue weighted by atomic mass is 32.1. The Labute approximate surface area is 156 Å². The van der Waals surface area contributed by atoms with Crippen LogP contribution in [0.4, 0.5) is 5.69 Å². The molecule has 25 heavy (non-hydrogen) atoms. The van der Waals surface area contributed by atoms with E-state index in [0.717, 1.165) is 36.1 Å². The van der Waals surface area contributed by atoms with E-state index in [1.165, 1.54) is 18.7 Å². The summed E-state index contributed by atoms with van der Waals surface area (Å²) in [6.07, 6.45) is 2.82. The molecule has 1 aromatic heterocycles. The van der Waals surface area contributed by atoms with Crippen molar-refractivity contribution in [2.45, 2.75) is 33.7 Å². The summed E-state index contributed by atoms with van der Waals surface area (Å²) in [6.45, 7) is 11.7. The number of thiocarbonyl (C=S) groups is 1. The molecule has 4 nitrogen and oxygen atoms in total. The number of para-hydroxylation sites is 1. The Bertz CT molecular complexity index is 638. The SMILES string of the molecule is CC[NH+](CC)CCCN(Cc1ccco1)C(=S)Nc1ccccc1C. The number of furan rings is 1. The maximum atomic E-state index is 5.69. The van der Waals surface area contributed by atoms with Crippen molar-refractivity contribution in [3.05, 3.63) is 54.0 Å². The summed E-state index contributed by atoms with van der Waals surface area (Å²) in [5.41, 5.74) is 2.25. The lowest BCUT2D eigenvalue weighted by Gasteiger charge is -2.26. The van der Waals surface area contributed by atoms with Gasteiger partial charge in [-0.2, -0.15) is 0 Å². The van der Waals surface area contributed by atoms with Crippen molar-refractivity contribution < 1.29 is 9.32 Å². The Hall–Kier alpha value is -1.85. The molecule has 0 fully saturated rings. The zero-order valence-corrected chi connectivity index (χ0v) is 16.4. The van der Waals surface area contributed by atoms with Gasteiger partial charge in [-0.3, -0.25) is 0 Å². The maximum absolute atomic E-state index is 5.69. The highest BCUT2D eigenvalue weighted by molar-refractivity contribution is 7.80. The lowest BCUT2D eigenvalue weighted by atomic mass is 10.2. The topological polar surface area (TPSA) is 32.9 Å². The number of nitrogens with zero attached hydrogens (tertiary/aromatic N) is 1. The molecule has 0 saturated heterocycles. The van der Waals surface area contributed by atoms with E-state index in [9.17, 15) is 0 Å². The average molecular weight is 361 g/mol. The van der Waals surface area contributed by atoms with Crippen molar-refractivity contribution in [3.8, 4) is 0 Å². The van der Waals surface area contributed by atoms with Crippen molar-refractivity contribution in [2.75, 3.05) is 31.5 Å². The predicted octanol–water partition coefficient (Wildman–Crippen LogP) is 3.10. The Morgan fingerprint density at radius 2 is 1.92 bits per heavy atom. The molecular formula is C20H30N3OS+. The molecule has 2 rings (SSSR count). The van der Waals surface area contributed by atoms with Gasteiger partial charge in [-0.15, -0.1) is 0 Å². The maximum Gasteiger partial charge on any atom is 0.173 e. The Kier molecular flexibility index (Phi) is 7.95. The lowest BCUT2D eigenvalue weighted by molar-refractivity contribution is -0.896. The van der Waals surface area contributed by atoms with E-state index >= 15 is 0 Å². The number of anilines is 1. The number of hydrogen-bond donors (Lipinski definition) is 2. The molecule has 1 aromatic carbocycles. The zero-order valence-electron chi connectivity index (χ0n) is 15.5. The number of quaternary nitrogens is 1. The second-order valence-corrected chi connectivity index (χ2v) is 6.69. The van der Waals surface area contributed by atoms with Crippen molar-refractivity contribution in [2.24, 2.45) is 0 Å². The van der Waals surface area contributed by atoms with Crippen LogP contribution in [0.25, 0.3) is 0 Å². The zero-order chi connectivity index (χ0) is 18.1. The van der Waals surface area contributed by atoms with Crippen LogP contribution < -0.4 is 10.2 Å². The summed E-state index contributed by atoms with van der Waals surface area (Å²) >= 11 is 5.69. The van der Waals surface area contributed by atoms with Gasteiger partial charge >= 0.3 is 0 Å². The highest BCUT2D eigenvalue weighted by Gasteiger charge is 2.14. The molecule has 0 amide bonds. The number of aryl methyl sites for hydroxylation is 1. The summed E-state index contributed by atoms with van der Waals surface area (Å²) in [6, 6.07) is 12.1. The minimum Gasteiger partial charge on any atom is -0.467 e. The van der Waals surface area contributed by atoms with Crippen LogP contribution in [-0.2, 0) is 6.54 Å². The lowest BCUT2D eigenvalue weighted by Crippen LogP contribution is -3.11. The fourth-order valence-corrected chi connectivity index (χ4v) is 3.14. The van der Waals surface area contributed by atoms with Crippen LogP contribution in [0.1, 0.15) is 31.6 Å². The molecule has 0 aliphatic carbocycles. The Morgan fingerprint density at radius 3 is 2.56 bits per heavy atom. The first-order valence-corrected chi connectivity index (χ1v) is 9.52. The molecular weight excluding hydrogens is 330 g/mol. The van der Waals surface area contributed by atoms with Crippen LogP contribution in [0.2, 0.25) is 0 Å². The first kappa shape index (κ1) is 19.5. The van der Waals surface area contributed by atoms with Gasteiger partial charge in [-0.25, -0.2) is 0 Å². The Morgan fingerprint density at radius 1 is 1.16 bits per heavy atom. The van der Waals surface area contributed by atoms with E-state index in [1.807, 2.05) is 24.3 Å². The first-order chi connectivity index (χ1) is 12.1. The summed E-state index contributed by atoms with van der Waals surface area (Å²) in [5.74, 6) is 0.934. The van der Waals surface area contributed by atoms with Crippen molar-refractivity contribution in [3.63, 3.8) is 0 Å². The van der Waals surface area contributed by atoms with Crippen LogP contribution in [0.15, 0.2) is 47.1 Å². The smallest absolute Gasteiger partial charge is 0.173 e. The molecule has 0 saturated carbocycles. The fraction of sp³-hybridized carbons (Fsp3) is 0.450. The van der Waals surface area contributed by atoms with Gasteiger partial charge in [-0.1, -0.05) is 18.2 Å². The fourth-order valence-electron chi connectivity index (χ4n) is 2.87. The van der Waals surface area contributed by atoms with Crippen molar-refractivity contribution >= 4 is 23.0 Å². The van der Waals surface area contributed by atoms with Crippen LogP contribution in [-0.4, -0.2) is 36.2 Å². The molecule has 0 unspecified atom stereocenters. The van der Waals surface area contributed by atoms with E-state index in [4.69, 9.17) is 16.6 Å². The molecule has 0 radical (unpaired) electrons. The van der Waals surface area contributed by atoms with Gasteiger partial charge in [0.15, 0.2) is 5.11 Å². The summed E-state index contributed by atoms with van der Waals surface area (Å²) < 4.78 is 5.52. The summed E-state index contributed by atoms with van der Waals surface area (Å²) in [5, 5.41) is 4.15. The Balaban J connectivity index is 2.00. The number of hydrogen-bond acceptors (Lipinski definition) is 2. The second-order valence-electron chi connectivity index (χ2n) is 6.31. The molecule has 2 N–H and O–H groups in total. The molecule has 0 atom stereocenters. The van der Waals surface area contributed by atoms with Gasteiger partial charge in [0.2, 0.25) is 0 Å². The summed E-state index contributed by atoms with van der Waals surface area (Å²) in [4.78, 5) is 3.82. The van der Waals surface area contributed by atoms with E-state index in [0.29, 0.717) is 6.54 Å². The largest absolute Gasteiger partial charge is 0.467 e. The quantitative estimate of drug-likeness (QED) is 0.673. The number of nitrogens with one attached hydrogen (secondary N) is 2. The highest BCUT2D eigenvalue weighted by Crippen LogP contribution is 2.15.